The number of nitrogens with zero attached hydrogens (tertiary/aromatic N) is 1. The van der Waals surface area contributed by atoms with Gasteiger partial charge >= 0.3 is 5.97 Å². The molecule has 0 saturated heterocycles. The topological polar surface area (TPSA) is 93.1 Å². The molecule has 1 unspecified atom stereocenters. The molecule has 1 aromatic carbocycles. The van der Waals surface area contributed by atoms with Gasteiger partial charge in [-0.1, -0.05) is 6.92 Å². The molecule has 26 heavy (non-hydrogen) atoms. The fraction of sp³-hybridized carbons (Fsp3) is 0.611. The van der Waals surface area contributed by atoms with Crippen LogP contribution in [0.5, 0.6) is 11.5 Å². The number of aliphatic carboxylic acids is 1. The number of carboxylic acids is 1. The van der Waals surface area contributed by atoms with Crippen LogP contribution in [0.3, 0.4) is 0 Å². The van der Waals surface area contributed by atoms with Crippen LogP contribution < -0.4 is 9.47 Å². The Kier molecular flexibility index (Phi) is 6.18. The molecule has 1 N–H and O–H groups in total. The lowest BCUT2D eigenvalue weighted by atomic mass is 9.89. The first-order valence-corrected chi connectivity index (χ1v) is 10.4. The summed E-state index contributed by atoms with van der Waals surface area (Å²) >= 11 is 0. The van der Waals surface area contributed by atoms with E-state index in [1.165, 1.54) is 4.31 Å². The zero-order valence-electron chi connectivity index (χ0n) is 15.7. The zero-order valence-corrected chi connectivity index (χ0v) is 16.5. The molecule has 0 saturated carbocycles. The molecule has 7 nitrogen and oxygen atoms in total. The summed E-state index contributed by atoms with van der Waals surface area (Å²) in [5, 5.41) is 8.79. The van der Waals surface area contributed by atoms with Crippen molar-refractivity contribution in [1.29, 1.82) is 0 Å². The molecule has 0 amide bonds. The summed E-state index contributed by atoms with van der Waals surface area (Å²) in [5.74, 6) is -0.0704. The number of sulfonamides is 1. The van der Waals surface area contributed by atoms with Gasteiger partial charge < -0.3 is 14.6 Å². The SMILES string of the molecule is CCCN(C1CC(C)(C)Oc2ccc(OCC(=O)O)cc21)S(=O)(=O)CC. The van der Waals surface area contributed by atoms with E-state index in [1.54, 1.807) is 25.1 Å². The van der Waals surface area contributed by atoms with E-state index in [-0.39, 0.29) is 11.8 Å². The number of carboxylic acid groups (broad SMARTS) is 1. The predicted octanol–water partition coefficient (Wildman–Crippen LogP) is 2.81. The average Bonchev–Trinajstić information content (AvgIpc) is 2.56. The van der Waals surface area contributed by atoms with Crippen molar-refractivity contribution in [2.75, 3.05) is 18.9 Å². The van der Waals surface area contributed by atoms with E-state index in [4.69, 9.17) is 14.6 Å². The molecule has 1 aromatic rings. The summed E-state index contributed by atoms with van der Waals surface area (Å²) < 4.78 is 38.2. The lowest BCUT2D eigenvalue weighted by Gasteiger charge is -2.42. The fourth-order valence-electron chi connectivity index (χ4n) is 3.16. The molecule has 0 spiro atoms. The van der Waals surface area contributed by atoms with E-state index in [0.717, 1.165) is 0 Å². The smallest absolute Gasteiger partial charge is 0.341 e. The molecule has 2 rings (SSSR count). The molecule has 1 atom stereocenters. The van der Waals surface area contributed by atoms with E-state index in [2.05, 4.69) is 0 Å². The fourth-order valence-corrected chi connectivity index (χ4v) is 4.53. The molecule has 0 fully saturated rings. The quantitative estimate of drug-likeness (QED) is 0.740. The molecule has 0 bridgehead atoms. The van der Waals surface area contributed by atoms with Crippen molar-refractivity contribution in [2.24, 2.45) is 0 Å². The summed E-state index contributed by atoms with van der Waals surface area (Å²) in [7, 11) is -3.41. The van der Waals surface area contributed by atoms with Gasteiger partial charge in [0.1, 0.15) is 17.1 Å². The number of benzene rings is 1. The van der Waals surface area contributed by atoms with Crippen LogP contribution in [0.4, 0.5) is 0 Å². The molecule has 0 radical (unpaired) electrons. The third kappa shape index (κ3) is 4.67. The number of hydrogen-bond donors (Lipinski definition) is 1. The van der Waals surface area contributed by atoms with Crippen molar-refractivity contribution in [3.8, 4) is 11.5 Å². The summed E-state index contributed by atoms with van der Waals surface area (Å²) in [4.78, 5) is 10.7. The van der Waals surface area contributed by atoms with E-state index in [0.29, 0.717) is 36.4 Å². The van der Waals surface area contributed by atoms with Gasteiger partial charge in [0.15, 0.2) is 6.61 Å². The molecule has 1 aliphatic heterocycles. The molecule has 146 valence electrons. The van der Waals surface area contributed by atoms with Crippen LogP contribution in [0.1, 0.15) is 52.1 Å². The number of fused-ring (bicyclic) bond motifs is 1. The Labute approximate surface area is 155 Å². The minimum Gasteiger partial charge on any atom is -0.487 e. The molecular formula is C18H27NO6S. The number of ether oxygens (including phenoxy) is 2. The number of carbonyl (C=O) groups is 1. The average molecular weight is 385 g/mol. The van der Waals surface area contributed by atoms with E-state index < -0.39 is 28.2 Å². The number of hydrogen-bond acceptors (Lipinski definition) is 5. The van der Waals surface area contributed by atoms with Crippen molar-refractivity contribution in [1.82, 2.24) is 4.31 Å². The second kappa shape index (κ2) is 7.84. The first-order chi connectivity index (χ1) is 12.1. The molecule has 0 aromatic heterocycles. The third-order valence-corrected chi connectivity index (χ3v) is 6.17. The molecule has 1 heterocycles. The van der Waals surface area contributed by atoms with Gasteiger partial charge in [-0.25, -0.2) is 13.2 Å². The second-order valence-electron chi connectivity index (χ2n) is 6.98. The molecule has 1 aliphatic rings. The molecule has 8 heteroatoms. The summed E-state index contributed by atoms with van der Waals surface area (Å²) in [5.41, 5.74) is 0.189. The first-order valence-electron chi connectivity index (χ1n) is 8.76. The third-order valence-electron chi connectivity index (χ3n) is 4.29. The van der Waals surface area contributed by atoms with Crippen LogP contribution >= 0.6 is 0 Å². The molecule has 0 aliphatic carbocycles. The van der Waals surface area contributed by atoms with Crippen molar-refractivity contribution in [3.05, 3.63) is 23.8 Å². The first kappa shape index (κ1) is 20.5. The van der Waals surface area contributed by atoms with Crippen LogP contribution in [0.15, 0.2) is 18.2 Å². The van der Waals surface area contributed by atoms with Crippen LogP contribution in [-0.2, 0) is 14.8 Å². The van der Waals surface area contributed by atoms with Crippen LogP contribution in [0.2, 0.25) is 0 Å². The minimum atomic E-state index is -3.41. The van der Waals surface area contributed by atoms with Gasteiger partial charge in [-0.05, 0) is 45.4 Å². The van der Waals surface area contributed by atoms with E-state index in [1.807, 2.05) is 20.8 Å². The summed E-state index contributed by atoms with van der Waals surface area (Å²) in [6.07, 6.45) is 1.20. The van der Waals surface area contributed by atoms with Gasteiger partial charge in [0, 0.05) is 18.5 Å². The highest BCUT2D eigenvalue weighted by atomic mass is 32.2. The Balaban J connectivity index is 2.49. The Morgan fingerprint density at radius 3 is 2.65 bits per heavy atom. The van der Waals surface area contributed by atoms with Crippen LogP contribution in [-0.4, -0.2) is 48.3 Å². The minimum absolute atomic E-state index is 0.0231. The Bertz CT molecular complexity index is 759. The van der Waals surface area contributed by atoms with Gasteiger partial charge in [-0.3, -0.25) is 0 Å². The van der Waals surface area contributed by atoms with E-state index >= 15 is 0 Å². The molecular weight excluding hydrogens is 358 g/mol. The monoisotopic (exact) mass is 385 g/mol. The lowest BCUT2D eigenvalue weighted by Crippen LogP contribution is -2.44. The van der Waals surface area contributed by atoms with Crippen LogP contribution in [0, 0.1) is 0 Å². The van der Waals surface area contributed by atoms with Gasteiger partial charge in [-0.2, -0.15) is 4.31 Å². The number of rotatable bonds is 8. The van der Waals surface area contributed by atoms with Gasteiger partial charge in [0.05, 0.1) is 11.8 Å². The lowest BCUT2D eigenvalue weighted by molar-refractivity contribution is -0.139. The van der Waals surface area contributed by atoms with Crippen molar-refractivity contribution in [2.45, 2.75) is 52.2 Å². The zero-order chi connectivity index (χ0) is 19.5. The van der Waals surface area contributed by atoms with Crippen molar-refractivity contribution >= 4 is 16.0 Å². The summed E-state index contributed by atoms with van der Waals surface area (Å²) in [6, 6.07) is 4.65. The maximum absolute atomic E-state index is 12.7. The highest BCUT2D eigenvalue weighted by Gasteiger charge is 2.40. The largest absolute Gasteiger partial charge is 0.487 e. The normalized spacial score (nSPS) is 18.9. The van der Waals surface area contributed by atoms with Gasteiger partial charge in [0.2, 0.25) is 10.0 Å². The highest BCUT2D eigenvalue weighted by Crippen LogP contribution is 2.45. The van der Waals surface area contributed by atoms with E-state index in [9.17, 15) is 13.2 Å². The maximum atomic E-state index is 12.7. The van der Waals surface area contributed by atoms with Crippen LogP contribution in [0.25, 0.3) is 0 Å². The van der Waals surface area contributed by atoms with Crippen molar-refractivity contribution < 1.29 is 27.8 Å². The second-order valence-corrected chi connectivity index (χ2v) is 9.19. The maximum Gasteiger partial charge on any atom is 0.341 e. The standard InChI is InChI=1S/C18H27NO6S/c1-5-9-19(26(22,23)6-2)15-11-18(3,4)25-16-8-7-13(10-14(15)16)24-12-17(20)21/h7-8,10,15H,5-6,9,11-12H2,1-4H3,(H,20,21). The Morgan fingerprint density at radius 1 is 1.38 bits per heavy atom. The Hall–Kier alpha value is -1.80. The predicted molar refractivity (Wildman–Crippen MR) is 98.1 cm³/mol. The summed E-state index contributed by atoms with van der Waals surface area (Å²) in [6.45, 7) is 7.39. The Morgan fingerprint density at radius 2 is 2.08 bits per heavy atom. The van der Waals surface area contributed by atoms with Crippen molar-refractivity contribution in [3.63, 3.8) is 0 Å². The van der Waals surface area contributed by atoms with Gasteiger partial charge in [-0.15, -0.1) is 0 Å². The highest BCUT2D eigenvalue weighted by molar-refractivity contribution is 7.89. The van der Waals surface area contributed by atoms with Gasteiger partial charge in [0.25, 0.3) is 0 Å².